The van der Waals surface area contributed by atoms with E-state index in [1.54, 1.807) is 35.3 Å². The molecule has 43 heavy (non-hydrogen) atoms. The molecule has 5 aromatic rings. The molecule has 0 bridgehead atoms. The van der Waals surface area contributed by atoms with E-state index in [1.807, 2.05) is 24.0 Å². The lowest BCUT2D eigenvalue weighted by molar-refractivity contribution is -0.137. The summed E-state index contributed by atoms with van der Waals surface area (Å²) in [6.07, 6.45) is 2.06. The van der Waals surface area contributed by atoms with Gasteiger partial charge >= 0.3 is 6.18 Å². The van der Waals surface area contributed by atoms with Gasteiger partial charge in [-0.15, -0.1) is 0 Å². The van der Waals surface area contributed by atoms with Crippen molar-refractivity contribution in [3.63, 3.8) is 0 Å². The molecular weight excluding hydrogens is 559 g/mol. The predicted octanol–water partition coefficient (Wildman–Crippen LogP) is 5.61. The van der Waals surface area contributed by atoms with Gasteiger partial charge in [-0.05, 0) is 55.4 Å². The maximum Gasteiger partial charge on any atom is 0.416 e. The molecule has 4 heterocycles. The number of halogens is 3. The van der Waals surface area contributed by atoms with Gasteiger partial charge in [-0.25, -0.2) is 15.0 Å². The summed E-state index contributed by atoms with van der Waals surface area (Å²) in [5.41, 5.74) is 2.10. The van der Waals surface area contributed by atoms with Crippen LogP contribution in [0.2, 0.25) is 0 Å². The smallest absolute Gasteiger partial charge is 0.369 e. The summed E-state index contributed by atoms with van der Waals surface area (Å²) in [6, 6.07) is 10.7. The minimum absolute atomic E-state index is 0.0624. The summed E-state index contributed by atoms with van der Waals surface area (Å²) in [5, 5.41) is 6.88. The van der Waals surface area contributed by atoms with E-state index in [-0.39, 0.29) is 5.56 Å². The number of hydrogen-bond donors (Lipinski definition) is 3. The Morgan fingerprint density at radius 2 is 1.84 bits per heavy atom. The van der Waals surface area contributed by atoms with Gasteiger partial charge < -0.3 is 25.4 Å². The van der Waals surface area contributed by atoms with E-state index < -0.39 is 17.6 Å². The zero-order valence-corrected chi connectivity index (χ0v) is 23.6. The molecule has 1 amide bonds. The lowest BCUT2D eigenvalue weighted by atomic mass is 10.1. The summed E-state index contributed by atoms with van der Waals surface area (Å²) < 4.78 is 43.3. The summed E-state index contributed by atoms with van der Waals surface area (Å²) >= 11 is 0. The maximum absolute atomic E-state index is 13.8. The van der Waals surface area contributed by atoms with E-state index in [0.29, 0.717) is 47.6 Å². The van der Waals surface area contributed by atoms with E-state index in [2.05, 4.69) is 42.4 Å². The lowest BCUT2D eigenvalue weighted by Gasteiger charge is -2.36. The Kier molecular flexibility index (Phi) is 7.48. The average Bonchev–Trinajstić information content (AvgIpc) is 3.68. The van der Waals surface area contributed by atoms with Gasteiger partial charge in [-0.2, -0.15) is 13.2 Å². The van der Waals surface area contributed by atoms with Crippen LogP contribution in [0.4, 0.5) is 36.2 Å². The van der Waals surface area contributed by atoms with Crippen LogP contribution in [0.5, 0.6) is 0 Å². The minimum atomic E-state index is -4.59. The molecule has 0 aliphatic carbocycles. The summed E-state index contributed by atoms with van der Waals surface area (Å²) in [4.78, 5) is 33.6. The highest BCUT2D eigenvalue weighted by Gasteiger charge is 2.33. The van der Waals surface area contributed by atoms with E-state index in [1.165, 1.54) is 12.4 Å². The van der Waals surface area contributed by atoms with Crippen LogP contribution in [0.15, 0.2) is 67.4 Å². The number of aromatic nitrogens is 5. The number of aryl methyl sites for hydroxylation is 1. The first kappa shape index (κ1) is 28.2. The highest BCUT2D eigenvalue weighted by molar-refractivity contribution is 6.05. The highest BCUT2D eigenvalue weighted by atomic mass is 19.4. The third-order valence-electron chi connectivity index (χ3n) is 7.64. The number of likely N-dealkylation sites (N-methyl/N-ethyl adjacent to an activating group) is 1. The molecule has 1 aliphatic heterocycles. The van der Waals surface area contributed by atoms with Crippen molar-refractivity contribution in [1.29, 1.82) is 0 Å². The second-order valence-electron chi connectivity index (χ2n) is 10.4. The van der Waals surface area contributed by atoms with Crippen LogP contribution >= 0.6 is 0 Å². The van der Waals surface area contributed by atoms with Gasteiger partial charge in [-0.1, -0.05) is 13.0 Å². The number of nitrogens with one attached hydrogen (secondary N) is 3. The summed E-state index contributed by atoms with van der Waals surface area (Å²) in [5.74, 6) is 0.481. The first-order chi connectivity index (χ1) is 20.7. The normalized spacial score (nSPS) is 14.3. The van der Waals surface area contributed by atoms with Crippen molar-refractivity contribution >= 4 is 40.0 Å². The zero-order valence-electron chi connectivity index (χ0n) is 23.6. The number of nitrogens with zero attached hydrogens (tertiary/aromatic N) is 6. The van der Waals surface area contributed by atoms with Crippen LogP contribution in [-0.4, -0.2) is 68.0 Å². The molecule has 3 aromatic heterocycles. The maximum atomic E-state index is 13.8. The number of hydrogen-bond acceptors (Lipinski definition) is 7. The Labute approximate surface area is 245 Å². The first-order valence-corrected chi connectivity index (χ1v) is 13.9. The first-order valence-electron chi connectivity index (χ1n) is 13.9. The van der Waals surface area contributed by atoms with Crippen molar-refractivity contribution in [2.45, 2.75) is 20.0 Å². The molecular formula is C30H30F3N9O. The van der Waals surface area contributed by atoms with E-state index in [4.69, 9.17) is 0 Å². The molecule has 6 rings (SSSR count). The van der Waals surface area contributed by atoms with Crippen molar-refractivity contribution in [2.75, 3.05) is 48.3 Å². The number of rotatable bonds is 7. The van der Waals surface area contributed by atoms with Gasteiger partial charge in [0.25, 0.3) is 5.91 Å². The number of anilines is 4. The molecule has 222 valence electrons. The standard InChI is InChI=1S/C30H30F3N9O/c1-3-40-10-12-41(13-11-40)23-15-20(14-21(16-23)30(31,32)33)28(43)38-22-5-4-19(2)25(17-22)39-29-35-8-9-42(29)27-24-6-7-34-26(24)36-18-37-27/h4-9,14-18H,3,10-13H2,1-2H3,(H,35,39)(H,38,43)(H,34,36,37). The molecule has 0 radical (unpaired) electrons. The highest BCUT2D eigenvalue weighted by Crippen LogP contribution is 2.34. The number of piperazine rings is 1. The molecule has 10 nitrogen and oxygen atoms in total. The van der Waals surface area contributed by atoms with Gasteiger partial charge in [0.05, 0.1) is 10.9 Å². The van der Waals surface area contributed by atoms with Crippen molar-refractivity contribution in [1.82, 2.24) is 29.4 Å². The molecule has 0 spiro atoms. The third kappa shape index (κ3) is 5.89. The van der Waals surface area contributed by atoms with E-state index >= 15 is 0 Å². The fraction of sp³-hybridized carbons (Fsp3) is 0.267. The quantitative estimate of drug-likeness (QED) is 0.227. The number of aromatic amines is 1. The van der Waals surface area contributed by atoms with Crippen LogP contribution in [0.3, 0.4) is 0 Å². The zero-order chi connectivity index (χ0) is 30.1. The van der Waals surface area contributed by atoms with Crippen molar-refractivity contribution in [3.05, 3.63) is 84.1 Å². The number of amides is 1. The Morgan fingerprint density at radius 3 is 2.60 bits per heavy atom. The van der Waals surface area contributed by atoms with Crippen LogP contribution < -0.4 is 15.5 Å². The minimum Gasteiger partial charge on any atom is -0.369 e. The van der Waals surface area contributed by atoms with Crippen LogP contribution in [0.1, 0.15) is 28.4 Å². The third-order valence-corrected chi connectivity index (χ3v) is 7.64. The molecule has 1 aliphatic rings. The SMILES string of the molecule is CCN1CCN(c2cc(C(=O)Nc3ccc(C)c(Nc4nccn4-c4ncnc5[nH]ccc45)c3)cc(C(F)(F)F)c2)CC1. The molecule has 3 N–H and O–H groups in total. The van der Waals surface area contributed by atoms with Gasteiger partial charge in [0.1, 0.15) is 12.0 Å². The molecule has 0 atom stereocenters. The van der Waals surface area contributed by atoms with Crippen LogP contribution in [0.25, 0.3) is 16.9 Å². The van der Waals surface area contributed by atoms with E-state index in [9.17, 15) is 18.0 Å². The van der Waals surface area contributed by atoms with E-state index in [0.717, 1.165) is 42.7 Å². The number of benzene rings is 2. The lowest BCUT2D eigenvalue weighted by Crippen LogP contribution is -2.46. The van der Waals surface area contributed by atoms with Crippen LogP contribution in [-0.2, 0) is 6.18 Å². The second kappa shape index (κ2) is 11.4. The average molecular weight is 590 g/mol. The van der Waals surface area contributed by atoms with Crippen molar-refractivity contribution in [3.8, 4) is 5.82 Å². The molecule has 1 fully saturated rings. The molecule has 0 saturated carbocycles. The van der Waals surface area contributed by atoms with Crippen molar-refractivity contribution < 1.29 is 18.0 Å². The Hall–Kier alpha value is -4.91. The summed E-state index contributed by atoms with van der Waals surface area (Å²) in [7, 11) is 0. The molecule has 2 aromatic carbocycles. The number of alkyl halides is 3. The largest absolute Gasteiger partial charge is 0.416 e. The van der Waals surface area contributed by atoms with Gasteiger partial charge in [-0.3, -0.25) is 9.36 Å². The van der Waals surface area contributed by atoms with Gasteiger partial charge in [0, 0.05) is 67.4 Å². The fourth-order valence-electron chi connectivity index (χ4n) is 5.19. The van der Waals surface area contributed by atoms with Gasteiger partial charge in [0.2, 0.25) is 5.95 Å². The number of fused-ring (bicyclic) bond motifs is 1. The fourth-order valence-corrected chi connectivity index (χ4v) is 5.19. The van der Waals surface area contributed by atoms with Gasteiger partial charge in [0.15, 0.2) is 5.82 Å². The van der Waals surface area contributed by atoms with Crippen molar-refractivity contribution in [2.24, 2.45) is 0 Å². The topological polar surface area (TPSA) is 107 Å². The number of H-pyrrole nitrogens is 1. The number of carbonyl (C=O) groups is 1. The number of carbonyl (C=O) groups excluding carboxylic acids is 1. The predicted molar refractivity (Wildman–Crippen MR) is 159 cm³/mol. The van der Waals surface area contributed by atoms with Crippen LogP contribution in [0, 0.1) is 6.92 Å². The monoisotopic (exact) mass is 589 g/mol. The summed E-state index contributed by atoms with van der Waals surface area (Å²) in [6.45, 7) is 7.51. The Bertz CT molecular complexity index is 1770. The Balaban J connectivity index is 1.25. The second-order valence-corrected chi connectivity index (χ2v) is 10.4. The number of imidazole rings is 1. The molecule has 0 unspecified atom stereocenters. The molecule has 13 heteroatoms. The Morgan fingerprint density at radius 1 is 1.02 bits per heavy atom. The molecule has 1 saturated heterocycles.